The van der Waals surface area contributed by atoms with E-state index in [-0.39, 0.29) is 24.0 Å². The van der Waals surface area contributed by atoms with E-state index in [1.54, 1.807) is 30.5 Å². The van der Waals surface area contributed by atoms with Crippen molar-refractivity contribution >= 4 is 23.1 Å². The molecule has 1 aromatic carbocycles. The number of aryl methyl sites for hydroxylation is 1. The fourth-order valence-corrected chi connectivity index (χ4v) is 2.80. The van der Waals surface area contributed by atoms with Crippen molar-refractivity contribution in [1.29, 1.82) is 0 Å². The molecule has 0 amide bonds. The van der Waals surface area contributed by atoms with E-state index < -0.39 is 12.6 Å². The van der Waals surface area contributed by atoms with Crippen molar-refractivity contribution in [3.05, 3.63) is 44.5 Å². The number of aromatic nitrogens is 1. The Labute approximate surface area is 135 Å². The van der Waals surface area contributed by atoms with Crippen LogP contribution in [0, 0.1) is 6.92 Å². The summed E-state index contributed by atoms with van der Waals surface area (Å²) >= 11 is 1.01. The van der Waals surface area contributed by atoms with E-state index in [1.807, 2.05) is 0 Å². The van der Waals surface area contributed by atoms with Crippen molar-refractivity contribution in [1.82, 2.24) is 4.57 Å². The van der Waals surface area contributed by atoms with Crippen LogP contribution in [-0.4, -0.2) is 29.7 Å². The van der Waals surface area contributed by atoms with Crippen LogP contribution < -0.4 is 14.3 Å². The Bertz CT molecular complexity index is 822. The number of ketones is 1. The highest BCUT2D eigenvalue weighted by molar-refractivity contribution is 7.07. The minimum Gasteiger partial charge on any atom is -0.456 e. The summed E-state index contributed by atoms with van der Waals surface area (Å²) in [6.45, 7) is 1.25. The number of nitrogens with zero attached hydrogens (tertiary/aromatic N) is 1. The molecule has 0 spiro atoms. The number of carbonyl (C=O) groups excluding carboxylic acids is 2. The van der Waals surface area contributed by atoms with E-state index in [1.165, 1.54) is 4.57 Å². The molecular formula is C15H13NO6S. The predicted octanol–water partition coefficient (Wildman–Crippen LogP) is 1.37. The average Bonchev–Trinajstić information content (AvgIpc) is 3.13. The molecule has 0 radical (unpaired) electrons. The van der Waals surface area contributed by atoms with Gasteiger partial charge in [0.25, 0.3) is 0 Å². The number of fused-ring (bicyclic) bond motifs is 1. The number of carbonyl (C=O) groups is 2. The van der Waals surface area contributed by atoms with Crippen LogP contribution >= 0.6 is 11.3 Å². The van der Waals surface area contributed by atoms with Gasteiger partial charge in [-0.2, -0.15) is 0 Å². The lowest BCUT2D eigenvalue weighted by atomic mass is 10.1. The number of thiazole rings is 1. The molecule has 8 heteroatoms. The highest BCUT2D eigenvalue weighted by Gasteiger charge is 2.17. The van der Waals surface area contributed by atoms with Gasteiger partial charge in [-0.25, -0.2) is 0 Å². The normalized spacial score (nSPS) is 12.2. The lowest BCUT2D eigenvalue weighted by Crippen LogP contribution is -2.24. The summed E-state index contributed by atoms with van der Waals surface area (Å²) < 4.78 is 16.6. The van der Waals surface area contributed by atoms with Crippen LogP contribution in [0.2, 0.25) is 0 Å². The smallest absolute Gasteiger partial charge is 0.326 e. The molecule has 0 unspecified atom stereocenters. The Morgan fingerprint density at radius 2 is 2.09 bits per heavy atom. The van der Waals surface area contributed by atoms with E-state index in [2.05, 4.69) is 0 Å². The molecular weight excluding hydrogens is 322 g/mol. The second kappa shape index (κ2) is 6.25. The van der Waals surface area contributed by atoms with Gasteiger partial charge in [0.05, 0.1) is 0 Å². The van der Waals surface area contributed by atoms with Gasteiger partial charge < -0.3 is 14.2 Å². The molecule has 1 aliphatic rings. The van der Waals surface area contributed by atoms with Gasteiger partial charge in [-0.3, -0.25) is 19.0 Å². The van der Waals surface area contributed by atoms with Crippen molar-refractivity contribution in [3.8, 4) is 11.5 Å². The molecule has 0 fully saturated rings. The fraction of sp³-hybridized carbons (Fsp3) is 0.267. The highest BCUT2D eigenvalue weighted by Crippen LogP contribution is 2.32. The van der Waals surface area contributed by atoms with Gasteiger partial charge in [-0.05, 0) is 25.1 Å². The van der Waals surface area contributed by atoms with Gasteiger partial charge in [-0.1, -0.05) is 11.3 Å². The summed E-state index contributed by atoms with van der Waals surface area (Å²) in [6, 6.07) is 4.76. The Kier molecular flexibility index (Phi) is 4.16. The maximum atomic E-state index is 12.0. The first-order valence-electron chi connectivity index (χ1n) is 6.78. The van der Waals surface area contributed by atoms with Crippen LogP contribution in [0.1, 0.15) is 16.1 Å². The van der Waals surface area contributed by atoms with Crippen molar-refractivity contribution in [2.24, 2.45) is 0 Å². The molecule has 1 aliphatic heterocycles. The van der Waals surface area contributed by atoms with Crippen LogP contribution in [0.4, 0.5) is 0 Å². The third kappa shape index (κ3) is 3.26. The van der Waals surface area contributed by atoms with Gasteiger partial charge in [-0.15, -0.1) is 0 Å². The minimum atomic E-state index is -0.636. The lowest BCUT2D eigenvalue weighted by molar-refractivity contribution is -0.143. The Hall–Kier alpha value is -2.61. The SMILES string of the molecule is Cc1csc(=O)n1CC(=O)OCC(=O)c1ccc2c(c1)OCO2. The van der Waals surface area contributed by atoms with E-state index in [9.17, 15) is 14.4 Å². The van der Waals surface area contributed by atoms with Crippen LogP contribution in [0.5, 0.6) is 11.5 Å². The maximum absolute atomic E-state index is 12.0. The van der Waals surface area contributed by atoms with Crippen molar-refractivity contribution in [2.45, 2.75) is 13.5 Å². The predicted molar refractivity (Wildman–Crippen MR) is 81.2 cm³/mol. The van der Waals surface area contributed by atoms with Crippen molar-refractivity contribution in [2.75, 3.05) is 13.4 Å². The molecule has 0 atom stereocenters. The number of hydrogen-bond acceptors (Lipinski definition) is 7. The molecule has 0 aliphatic carbocycles. The maximum Gasteiger partial charge on any atom is 0.326 e. The third-order valence-corrected chi connectivity index (χ3v) is 4.20. The van der Waals surface area contributed by atoms with Gasteiger partial charge >= 0.3 is 10.8 Å². The Morgan fingerprint density at radius 1 is 1.30 bits per heavy atom. The molecule has 0 N–H and O–H groups in total. The van der Waals surface area contributed by atoms with Crippen molar-refractivity contribution in [3.63, 3.8) is 0 Å². The second-order valence-electron chi connectivity index (χ2n) is 4.88. The van der Waals surface area contributed by atoms with Crippen molar-refractivity contribution < 1.29 is 23.8 Å². The Morgan fingerprint density at radius 3 is 2.83 bits per heavy atom. The van der Waals surface area contributed by atoms with Gasteiger partial charge in [0.1, 0.15) is 6.54 Å². The zero-order chi connectivity index (χ0) is 16.4. The molecule has 23 heavy (non-hydrogen) atoms. The molecule has 1 aromatic heterocycles. The molecule has 0 saturated heterocycles. The lowest BCUT2D eigenvalue weighted by Gasteiger charge is -2.06. The molecule has 2 aromatic rings. The first kappa shape index (κ1) is 15.3. The summed E-state index contributed by atoms with van der Waals surface area (Å²) in [7, 11) is 0. The van der Waals surface area contributed by atoms with E-state index in [0.29, 0.717) is 22.8 Å². The highest BCUT2D eigenvalue weighted by atomic mass is 32.1. The summed E-state index contributed by atoms with van der Waals surface area (Å²) in [5, 5.41) is 1.66. The minimum absolute atomic E-state index is 0.122. The van der Waals surface area contributed by atoms with Crippen LogP contribution in [0.3, 0.4) is 0 Å². The molecule has 2 heterocycles. The van der Waals surface area contributed by atoms with Gasteiger partial charge in [0.2, 0.25) is 6.79 Å². The summed E-state index contributed by atoms with van der Waals surface area (Å²) in [4.78, 5) is 35.1. The van der Waals surface area contributed by atoms with E-state index in [0.717, 1.165) is 11.3 Å². The number of esters is 1. The largest absolute Gasteiger partial charge is 0.456 e. The first-order chi connectivity index (χ1) is 11.0. The van der Waals surface area contributed by atoms with Gasteiger partial charge in [0, 0.05) is 16.6 Å². The van der Waals surface area contributed by atoms with Crippen LogP contribution in [0.25, 0.3) is 0 Å². The molecule has 0 bridgehead atoms. The first-order valence-corrected chi connectivity index (χ1v) is 7.66. The van der Waals surface area contributed by atoms with Crippen LogP contribution in [0.15, 0.2) is 28.4 Å². The molecule has 3 rings (SSSR count). The molecule has 120 valence electrons. The Balaban J connectivity index is 1.58. The van der Waals surface area contributed by atoms with E-state index >= 15 is 0 Å². The third-order valence-electron chi connectivity index (χ3n) is 3.32. The summed E-state index contributed by atoms with van der Waals surface area (Å²) in [5.41, 5.74) is 1.05. The zero-order valence-corrected chi connectivity index (χ0v) is 13.1. The van der Waals surface area contributed by atoms with Gasteiger partial charge in [0.15, 0.2) is 23.9 Å². The number of rotatable bonds is 5. The molecule has 7 nitrogen and oxygen atoms in total. The summed E-state index contributed by atoms with van der Waals surface area (Å²) in [5.74, 6) is 0.0715. The average molecular weight is 335 g/mol. The molecule has 0 saturated carbocycles. The monoisotopic (exact) mass is 335 g/mol. The number of hydrogen-bond donors (Lipinski definition) is 0. The fourth-order valence-electron chi connectivity index (χ4n) is 2.07. The second-order valence-corrected chi connectivity index (χ2v) is 5.70. The number of ether oxygens (including phenoxy) is 3. The quantitative estimate of drug-likeness (QED) is 0.606. The number of Topliss-reactive ketones (excluding diaryl/α,β-unsaturated/α-hetero) is 1. The number of benzene rings is 1. The standard InChI is InChI=1S/C15H13NO6S/c1-9-7-23-15(19)16(9)5-14(18)20-6-11(17)10-2-3-12-13(4-10)22-8-21-12/h2-4,7H,5-6,8H2,1H3. The zero-order valence-electron chi connectivity index (χ0n) is 12.2. The summed E-state index contributed by atoms with van der Waals surface area (Å²) in [6.07, 6.45) is 0. The van der Waals surface area contributed by atoms with E-state index in [4.69, 9.17) is 14.2 Å². The van der Waals surface area contributed by atoms with Crippen LogP contribution in [-0.2, 0) is 16.1 Å². The topological polar surface area (TPSA) is 83.8 Å².